The zero-order valence-electron chi connectivity index (χ0n) is 11.7. The molecule has 20 heavy (non-hydrogen) atoms. The van der Waals surface area contributed by atoms with Gasteiger partial charge in [-0.05, 0) is 31.6 Å². The lowest BCUT2D eigenvalue weighted by Gasteiger charge is -2.21. The summed E-state index contributed by atoms with van der Waals surface area (Å²) >= 11 is 0. The number of hydrogen-bond acceptors (Lipinski definition) is 3. The van der Waals surface area contributed by atoms with Gasteiger partial charge in [0.25, 0.3) is 5.91 Å². The maximum atomic E-state index is 12.2. The molecule has 0 N–H and O–H groups in total. The molecule has 0 saturated carbocycles. The van der Waals surface area contributed by atoms with Crippen LogP contribution in [-0.2, 0) is 4.79 Å². The topological polar surface area (TPSA) is 45.0 Å². The number of anilines is 1. The Morgan fingerprint density at radius 3 is 2.70 bits per heavy atom. The Morgan fingerprint density at radius 1 is 1.25 bits per heavy atom. The second-order valence-electron chi connectivity index (χ2n) is 5.08. The minimum absolute atomic E-state index is 0.0920. The normalized spacial score (nSPS) is 21.3. The fourth-order valence-electron chi connectivity index (χ4n) is 2.66. The number of hydrogen-bond donors (Lipinski definition) is 0. The fraction of sp³-hybridized carbons (Fsp3) is 0.312. The Balaban J connectivity index is 2.06. The van der Waals surface area contributed by atoms with Crippen molar-refractivity contribution >= 4 is 23.0 Å². The molecule has 0 bridgehead atoms. The van der Waals surface area contributed by atoms with Crippen LogP contribution in [0.4, 0.5) is 5.69 Å². The average Bonchev–Trinajstić information content (AvgIpc) is 2.79. The van der Waals surface area contributed by atoms with E-state index in [1.165, 1.54) is 0 Å². The number of benzene rings is 1. The first-order valence-electron chi connectivity index (χ1n) is 6.94. The van der Waals surface area contributed by atoms with Gasteiger partial charge in [-0.25, -0.2) is 10.0 Å². The van der Waals surface area contributed by atoms with Crippen LogP contribution in [0.15, 0.2) is 52.2 Å². The van der Waals surface area contributed by atoms with Crippen LogP contribution in [0.2, 0.25) is 0 Å². The number of dihydropyridines is 1. The molecule has 1 aromatic carbocycles. The molecule has 4 heteroatoms. The molecule has 4 nitrogen and oxygen atoms in total. The Labute approximate surface area is 118 Å². The molecule has 2 aliphatic rings. The summed E-state index contributed by atoms with van der Waals surface area (Å²) in [5.41, 5.74) is 3.58. The number of allylic oxidation sites excluding steroid dienone is 1. The van der Waals surface area contributed by atoms with Gasteiger partial charge in [-0.1, -0.05) is 31.5 Å². The van der Waals surface area contributed by atoms with Crippen LogP contribution in [-0.4, -0.2) is 17.3 Å². The Bertz CT molecular complexity index is 628. The predicted octanol–water partition coefficient (Wildman–Crippen LogP) is 3.16. The quantitative estimate of drug-likeness (QED) is 0.844. The Hall–Kier alpha value is -2.23. The van der Waals surface area contributed by atoms with E-state index < -0.39 is 0 Å². The molecule has 2 aliphatic heterocycles. The summed E-state index contributed by atoms with van der Waals surface area (Å²) in [4.78, 5) is 16.3. The van der Waals surface area contributed by atoms with Gasteiger partial charge in [0.05, 0.1) is 17.1 Å². The van der Waals surface area contributed by atoms with Crippen molar-refractivity contribution in [1.82, 2.24) is 0 Å². The summed E-state index contributed by atoms with van der Waals surface area (Å²) in [6.45, 7) is 3.95. The molecule has 0 spiro atoms. The first kappa shape index (κ1) is 12.8. The van der Waals surface area contributed by atoms with Gasteiger partial charge in [0.2, 0.25) is 0 Å². The van der Waals surface area contributed by atoms with Crippen molar-refractivity contribution in [2.75, 3.05) is 5.01 Å². The molecule has 3 rings (SSSR count). The van der Waals surface area contributed by atoms with Gasteiger partial charge < -0.3 is 0 Å². The number of carbonyl (C=O) groups is 1. The smallest absolute Gasteiger partial charge is 0.260 e. The third-order valence-electron chi connectivity index (χ3n) is 3.50. The molecule has 1 aromatic rings. The lowest BCUT2D eigenvalue weighted by molar-refractivity contribution is -0.118. The summed E-state index contributed by atoms with van der Waals surface area (Å²) < 4.78 is 0. The molecule has 102 valence electrons. The lowest BCUT2D eigenvalue weighted by Crippen LogP contribution is -2.28. The van der Waals surface area contributed by atoms with Crippen molar-refractivity contribution in [3.05, 3.63) is 42.1 Å². The van der Waals surface area contributed by atoms with Crippen molar-refractivity contribution < 1.29 is 4.79 Å². The summed E-state index contributed by atoms with van der Waals surface area (Å²) in [5.74, 6) is -0.385. The third-order valence-corrected chi connectivity index (χ3v) is 3.50. The molecule has 0 saturated heterocycles. The van der Waals surface area contributed by atoms with Gasteiger partial charge >= 0.3 is 0 Å². The van der Waals surface area contributed by atoms with Gasteiger partial charge in [-0.15, -0.1) is 0 Å². The molecule has 1 atom stereocenters. The van der Waals surface area contributed by atoms with Crippen LogP contribution in [0, 0.1) is 5.92 Å². The second-order valence-corrected chi connectivity index (χ2v) is 5.08. The lowest BCUT2D eigenvalue weighted by atomic mass is 9.93. The molecular weight excluding hydrogens is 250 g/mol. The SMILES string of the molecule is CCCC1=NN(c2ccccc2)C2=CC(C)=NC(=O)C21. The molecule has 0 aliphatic carbocycles. The highest BCUT2D eigenvalue weighted by molar-refractivity contribution is 6.17. The summed E-state index contributed by atoms with van der Waals surface area (Å²) in [6, 6.07) is 9.93. The number of aliphatic imine (C=N–C) groups is 1. The number of fused-ring (bicyclic) bond motifs is 1. The van der Waals surface area contributed by atoms with E-state index in [0.29, 0.717) is 0 Å². The van der Waals surface area contributed by atoms with E-state index in [1.807, 2.05) is 48.3 Å². The first-order valence-corrected chi connectivity index (χ1v) is 6.94. The summed E-state index contributed by atoms with van der Waals surface area (Å²) in [7, 11) is 0. The van der Waals surface area contributed by atoms with Crippen molar-refractivity contribution in [2.24, 2.45) is 16.0 Å². The number of para-hydroxylation sites is 1. The summed E-state index contributed by atoms with van der Waals surface area (Å²) in [5, 5.41) is 6.55. The van der Waals surface area contributed by atoms with Crippen LogP contribution < -0.4 is 5.01 Å². The second kappa shape index (κ2) is 5.04. The van der Waals surface area contributed by atoms with Gasteiger partial charge in [0.1, 0.15) is 5.92 Å². The number of carbonyl (C=O) groups excluding carboxylic acids is 1. The van der Waals surface area contributed by atoms with Crippen molar-refractivity contribution in [3.63, 3.8) is 0 Å². The first-order chi connectivity index (χ1) is 9.70. The molecule has 1 amide bonds. The van der Waals surface area contributed by atoms with Gasteiger partial charge in [0, 0.05) is 5.71 Å². The van der Waals surface area contributed by atoms with E-state index >= 15 is 0 Å². The Kier molecular flexibility index (Phi) is 3.22. The molecule has 0 aromatic heterocycles. The standard InChI is InChI=1S/C16H17N3O/c1-3-7-13-15-14(10-11(2)17-16(15)20)19(18-13)12-8-5-4-6-9-12/h4-6,8-10,15H,3,7H2,1-2H3. The van der Waals surface area contributed by atoms with Crippen LogP contribution in [0.1, 0.15) is 26.7 Å². The van der Waals surface area contributed by atoms with E-state index in [4.69, 9.17) is 0 Å². The largest absolute Gasteiger partial charge is 0.271 e. The van der Waals surface area contributed by atoms with E-state index in [2.05, 4.69) is 17.0 Å². The average molecular weight is 267 g/mol. The fourth-order valence-corrected chi connectivity index (χ4v) is 2.66. The minimum atomic E-state index is -0.293. The van der Waals surface area contributed by atoms with E-state index in [9.17, 15) is 4.79 Å². The molecule has 0 radical (unpaired) electrons. The highest BCUT2D eigenvalue weighted by atomic mass is 16.1. The number of nitrogens with zero attached hydrogens (tertiary/aromatic N) is 3. The summed E-state index contributed by atoms with van der Waals surface area (Å²) in [6.07, 6.45) is 3.76. The Morgan fingerprint density at radius 2 is 2.00 bits per heavy atom. The minimum Gasteiger partial charge on any atom is -0.271 e. The van der Waals surface area contributed by atoms with Gasteiger partial charge in [0.15, 0.2) is 0 Å². The molecule has 0 fully saturated rings. The van der Waals surface area contributed by atoms with E-state index in [1.54, 1.807) is 0 Å². The van der Waals surface area contributed by atoms with Gasteiger partial charge in [-0.2, -0.15) is 5.10 Å². The zero-order chi connectivity index (χ0) is 14.1. The van der Waals surface area contributed by atoms with Crippen LogP contribution in [0.25, 0.3) is 0 Å². The van der Waals surface area contributed by atoms with Crippen LogP contribution in [0.3, 0.4) is 0 Å². The highest BCUT2D eigenvalue weighted by Gasteiger charge is 2.39. The molecule has 1 unspecified atom stereocenters. The third kappa shape index (κ3) is 2.07. The number of hydrazone groups is 1. The van der Waals surface area contributed by atoms with Crippen molar-refractivity contribution in [1.29, 1.82) is 0 Å². The highest BCUT2D eigenvalue weighted by Crippen LogP contribution is 2.35. The maximum absolute atomic E-state index is 12.2. The van der Waals surface area contributed by atoms with E-state index in [-0.39, 0.29) is 11.8 Å². The molecule has 2 heterocycles. The van der Waals surface area contributed by atoms with E-state index in [0.717, 1.165) is 35.6 Å². The molecular formula is C16H17N3O. The number of amides is 1. The van der Waals surface area contributed by atoms with Crippen molar-refractivity contribution in [3.8, 4) is 0 Å². The van der Waals surface area contributed by atoms with Gasteiger partial charge in [-0.3, -0.25) is 4.79 Å². The predicted molar refractivity (Wildman–Crippen MR) is 81.0 cm³/mol. The van der Waals surface area contributed by atoms with Crippen LogP contribution in [0.5, 0.6) is 0 Å². The monoisotopic (exact) mass is 267 g/mol. The maximum Gasteiger partial charge on any atom is 0.260 e. The van der Waals surface area contributed by atoms with Crippen molar-refractivity contribution in [2.45, 2.75) is 26.7 Å². The zero-order valence-corrected chi connectivity index (χ0v) is 11.7. The number of rotatable bonds is 3. The van der Waals surface area contributed by atoms with Crippen LogP contribution >= 0.6 is 0 Å².